The van der Waals surface area contributed by atoms with Gasteiger partial charge in [-0.05, 0) is 64.2 Å². The third-order valence-electron chi connectivity index (χ3n) is 6.69. The molecule has 8 heteroatoms. The maximum absolute atomic E-state index is 13.6. The van der Waals surface area contributed by atoms with Gasteiger partial charge in [0, 0.05) is 15.9 Å². The average Bonchev–Trinajstić information content (AvgIpc) is 3.54. The molecule has 2 aromatic rings. The van der Waals surface area contributed by atoms with Gasteiger partial charge in [0.15, 0.2) is 0 Å². The van der Waals surface area contributed by atoms with Crippen LogP contribution in [0, 0.1) is 5.41 Å². The Kier molecular flexibility index (Phi) is 6.92. The number of halogens is 1. The summed E-state index contributed by atoms with van der Waals surface area (Å²) in [6.07, 6.45) is 5.02. The van der Waals surface area contributed by atoms with Gasteiger partial charge in [-0.25, -0.2) is 4.79 Å². The minimum absolute atomic E-state index is 0.137. The molecule has 1 unspecified atom stereocenters. The van der Waals surface area contributed by atoms with Crippen LogP contribution in [0.5, 0.6) is 0 Å². The van der Waals surface area contributed by atoms with Crippen molar-refractivity contribution in [3.8, 4) is 0 Å². The smallest absolute Gasteiger partial charge is 0.335 e. The number of carbonyl (C=O) groups is 3. The number of hydrogen-bond acceptors (Lipinski definition) is 6. The van der Waals surface area contributed by atoms with Gasteiger partial charge in [-0.15, -0.1) is 11.3 Å². The van der Waals surface area contributed by atoms with Crippen LogP contribution in [-0.4, -0.2) is 30.1 Å². The van der Waals surface area contributed by atoms with E-state index in [4.69, 9.17) is 26.8 Å². The fourth-order valence-electron chi connectivity index (χ4n) is 4.97. The lowest BCUT2D eigenvalue weighted by atomic mass is 9.63. The number of amides is 1. The van der Waals surface area contributed by atoms with Crippen molar-refractivity contribution in [2.75, 3.05) is 6.61 Å². The molecular weight excluding hydrogens is 498 g/mol. The summed E-state index contributed by atoms with van der Waals surface area (Å²) in [4.78, 5) is 40.1. The summed E-state index contributed by atoms with van der Waals surface area (Å²) in [6.45, 7) is 7.41. The molecule has 1 atom stereocenters. The second-order valence-corrected chi connectivity index (χ2v) is 11.9. The SMILES string of the molecule is CCOC(=O)C1(C2(c3sc(Cl)cc3C(N)=O)C=CC(c3ccccc3)=C(C(=O)OC(C)(C)C)C2)CC1. The standard InChI is InChI=1S/C28H30ClNO5S/c1-5-34-25(33)27(13-14-27)28(22-19(23(30)31)15-21(29)36-22)12-11-18(17-9-7-6-8-10-17)20(16-28)24(32)35-26(2,3)4/h6-12,15H,5,13-14,16H2,1-4H3,(H2,30,31). The highest BCUT2D eigenvalue weighted by molar-refractivity contribution is 7.16. The molecule has 6 nitrogen and oxygen atoms in total. The van der Waals surface area contributed by atoms with Crippen molar-refractivity contribution in [1.82, 2.24) is 0 Å². The van der Waals surface area contributed by atoms with E-state index in [1.807, 2.05) is 63.3 Å². The molecule has 4 rings (SSSR count). The molecule has 2 N–H and O–H groups in total. The summed E-state index contributed by atoms with van der Waals surface area (Å²) in [7, 11) is 0. The maximum Gasteiger partial charge on any atom is 0.335 e. The summed E-state index contributed by atoms with van der Waals surface area (Å²) >= 11 is 7.58. The van der Waals surface area contributed by atoms with Gasteiger partial charge in [-0.3, -0.25) is 9.59 Å². The predicted molar refractivity (Wildman–Crippen MR) is 141 cm³/mol. The lowest BCUT2D eigenvalue weighted by molar-refractivity contribution is -0.154. The molecule has 1 aromatic carbocycles. The molecule has 1 amide bonds. The molecule has 1 saturated carbocycles. The molecule has 0 radical (unpaired) electrons. The van der Waals surface area contributed by atoms with Gasteiger partial charge in [-0.1, -0.05) is 54.1 Å². The Morgan fingerprint density at radius 2 is 1.81 bits per heavy atom. The molecule has 0 bridgehead atoms. The predicted octanol–water partition coefficient (Wildman–Crippen LogP) is 5.84. The number of thiophene rings is 1. The second-order valence-electron chi connectivity index (χ2n) is 10.2. The fourth-order valence-corrected chi connectivity index (χ4v) is 6.47. The first kappa shape index (κ1) is 26.2. The zero-order chi connectivity index (χ0) is 26.3. The van der Waals surface area contributed by atoms with Gasteiger partial charge in [0.1, 0.15) is 5.60 Å². The number of esters is 2. The van der Waals surface area contributed by atoms with Gasteiger partial charge in [0.25, 0.3) is 0 Å². The van der Waals surface area contributed by atoms with Crippen molar-refractivity contribution in [1.29, 1.82) is 0 Å². The van der Waals surface area contributed by atoms with Gasteiger partial charge >= 0.3 is 11.9 Å². The monoisotopic (exact) mass is 527 g/mol. The summed E-state index contributed by atoms with van der Waals surface area (Å²) < 4.78 is 11.7. The van der Waals surface area contributed by atoms with Crippen LogP contribution in [-0.2, 0) is 24.5 Å². The molecular formula is C28H30ClNO5S. The molecule has 1 aromatic heterocycles. The van der Waals surface area contributed by atoms with E-state index in [0.29, 0.717) is 33.2 Å². The molecule has 190 valence electrons. The summed E-state index contributed by atoms with van der Waals surface area (Å²) in [5, 5.41) is 0. The Labute approximate surface area is 220 Å². The minimum Gasteiger partial charge on any atom is -0.466 e. The normalized spacial score (nSPS) is 20.7. The highest BCUT2D eigenvalue weighted by Gasteiger charge is 2.67. The minimum atomic E-state index is -1.05. The van der Waals surface area contributed by atoms with E-state index >= 15 is 0 Å². The van der Waals surface area contributed by atoms with Crippen molar-refractivity contribution >= 4 is 46.4 Å². The quantitative estimate of drug-likeness (QED) is 0.456. The van der Waals surface area contributed by atoms with Crippen LogP contribution in [0.4, 0.5) is 0 Å². The first-order chi connectivity index (χ1) is 16.9. The van der Waals surface area contributed by atoms with E-state index in [0.717, 1.165) is 5.56 Å². The van der Waals surface area contributed by atoms with Crippen LogP contribution in [0.15, 0.2) is 54.1 Å². The first-order valence-corrected chi connectivity index (χ1v) is 13.1. The summed E-state index contributed by atoms with van der Waals surface area (Å²) in [6, 6.07) is 11.1. The fraction of sp³-hybridized carbons (Fsp3) is 0.393. The number of rotatable bonds is 7. The molecule has 1 fully saturated rings. The van der Waals surface area contributed by atoms with Crippen LogP contribution in [0.25, 0.3) is 5.57 Å². The van der Waals surface area contributed by atoms with Crippen LogP contribution >= 0.6 is 22.9 Å². The van der Waals surface area contributed by atoms with Crippen molar-refractivity contribution < 1.29 is 23.9 Å². The Bertz CT molecular complexity index is 1270. The van der Waals surface area contributed by atoms with Crippen molar-refractivity contribution in [3.63, 3.8) is 0 Å². The van der Waals surface area contributed by atoms with Crippen LogP contribution in [0.3, 0.4) is 0 Å². The number of benzene rings is 1. The van der Waals surface area contributed by atoms with Gasteiger partial charge in [-0.2, -0.15) is 0 Å². The van der Waals surface area contributed by atoms with Crippen LogP contribution in [0.2, 0.25) is 4.34 Å². The molecule has 36 heavy (non-hydrogen) atoms. The van der Waals surface area contributed by atoms with E-state index in [-0.39, 0.29) is 24.6 Å². The Balaban J connectivity index is 1.96. The first-order valence-electron chi connectivity index (χ1n) is 11.9. The lowest BCUT2D eigenvalue weighted by Gasteiger charge is -2.41. The summed E-state index contributed by atoms with van der Waals surface area (Å²) in [5.74, 6) is -1.48. The topological polar surface area (TPSA) is 95.7 Å². The third kappa shape index (κ3) is 4.62. The number of ether oxygens (including phenoxy) is 2. The van der Waals surface area contributed by atoms with E-state index in [1.165, 1.54) is 17.4 Å². The van der Waals surface area contributed by atoms with E-state index < -0.39 is 28.3 Å². The average molecular weight is 528 g/mol. The number of primary amides is 1. The maximum atomic E-state index is 13.6. The summed E-state index contributed by atoms with van der Waals surface area (Å²) in [5.41, 5.74) is 5.26. The van der Waals surface area contributed by atoms with E-state index in [1.54, 1.807) is 6.92 Å². The number of hydrogen-bond donors (Lipinski definition) is 1. The largest absolute Gasteiger partial charge is 0.466 e. The molecule has 0 aliphatic heterocycles. The van der Waals surface area contributed by atoms with Crippen molar-refractivity contribution in [3.05, 3.63) is 74.5 Å². The molecule has 2 aliphatic rings. The second kappa shape index (κ2) is 9.52. The molecule has 0 spiro atoms. The Morgan fingerprint density at radius 1 is 1.14 bits per heavy atom. The number of allylic oxidation sites excluding steroid dienone is 3. The zero-order valence-corrected chi connectivity index (χ0v) is 22.4. The van der Waals surface area contributed by atoms with E-state index in [9.17, 15) is 14.4 Å². The third-order valence-corrected chi connectivity index (χ3v) is 8.13. The highest BCUT2D eigenvalue weighted by Crippen LogP contribution is 2.66. The Morgan fingerprint density at radius 3 is 2.36 bits per heavy atom. The van der Waals surface area contributed by atoms with Crippen molar-refractivity contribution in [2.45, 2.75) is 58.0 Å². The zero-order valence-electron chi connectivity index (χ0n) is 20.9. The number of carbonyl (C=O) groups excluding carboxylic acids is 3. The van der Waals surface area contributed by atoms with Crippen LogP contribution in [0.1, 0.15) is 67.8 Å². The lowest BCUT2D eigenvalue weighted by Crippen LogP contribution is -2.44. The molecule has 1 heterocycles. The highest BCUT2D eigenvalue weighted by atomic mass is 35.5. The van der Waals surface area contributed by atoms with Gasteiger partial charge in [0.2, 0.25) is 5.91 Å². The molecule has 2 aliphatic carbocycles. The van der Waals surface area contributed by atoms with Crippen molar-refractivity contribution in [2.24, 2.45) is 11.1 Å². The van der Waals surface area contributed by atoms with Crippen LogP contribution < -0.4 is 5.73 Å². The van der Waals surface area contributed by atoms with Gasteiger partial charge < -0.3 is 15.2 Å². The molecule has 0 saturated heterocycles. The Hall–Kier alpha value is -2.90. The van der Waals surface area contributed by atoms with E-state index in [2.05, 4.69) is 0 Å². The number of nitrogens with two attached hydrogens (primary N) is 1. The van der Waals surface area contributed by atoms with Gasteiger partial charge in [0.05, 0.1) is 21.9 Å².